The summed E-state index contributed by atoms with van der Waals surface area (Å²) in [7, 11) is 0. The van der Waals surface area contributed by atoms with Crippen molar-refractivity contribution in [2.45, 2.75) is 5.38 Å². The average Bonchev–Trinajstić information content (AvgIpc) is 2.98. The van der Waals surface area contributed by atoms with Gasteiger partial charge in [0.15, 0.2) is 0 Å². The number of morpholine rings is 1. The molecular formula is C13H14ClN3O2. The topological polar surface area (TPSA) is 51.4 Å². The van der Waals surface area contributed by atoms with E-state index >= 15 is 0 Å². The van der Waals surface area contributed by atoms with E-state index in [4.69, 9.17) is 20.9 Å². The number of nitrogens with zero attached hydrogens (tertiary/aromatic N) is 3. The molecule has 2 heterocycles. The molecule has 1 saturated heterocycles. The summed E-state index contributed by atoms with van der Waals surface area (Å²) in [5.74, 6) is 1.01. The molecule has 0 saturated carbocycles. The van der Waals surface area contributed by atoms with Gasteiger partial charge in [0, 0.05) is 13.1 Å². The molecule has 1 atom stereocenters. The molecule has 0 amide bonds. The Morgan fingerprint density at radius 1 is 1.16 bits per heavy atom. The van der Waals surface area contributed by atoms with Crippen LogP contribution in [-0.2, 0) is 4.74 Å². The first-order chi connectivity index (χ1) is 9.34. The summed E-state index contributed by atoms with van der Waals surface area (Å²) < 4.78 is 10.5. The fraction of sp³-hybridized carbons (Fsp3) is 0.385. The van der Waals surface area contributed by atoms with Crippen molar-refractivity contribution in [1.82, 2.24) is 10.1 Å². The molecule has 1 unspecified atom stereocenters. The molecule has 1 aromatic heterocycles. The van der Waals surface area contributed by atoms with Gasteiger partial charge in [0.1, 0.15) is 5.38 Å². The van der Waals surface area contributed by atoms with Crippen molar-refractivity contribution in [3.8, 4) is 0 Å². The van der Waals surface area contributed by atoms with Crippen molar-refractivity contribution in [1.29, 1.82) is 0 Å². The monoisotopic (exact) mass is 279 g/mol. The number of halogens is 1. The standard InChI is InChI=1S/C13H14ClN3O2/c14-11(10-4-2-1-3-5-10)12-15-13(16-19-12)17-6-8-18-9-7-17/h1-5,11H,6-9H2. The maximum Gasteiger partial charge on any atom is 0.266 e. The van der Waals surface area contributed by atoms with E-state index in [0.717, 1.165) is 18.7 Å². The van der Waals surface area contributed by atoms with Crippen LogP contribution in [0.2, 0.25) is 0 Å². The van der Waals surface area contributed by atoms with Crippen LogP contribution < -0.4 is 4.90 Å². The second kappa shape index (κ2) is 5.59. The molecule has 1 aliphatic rings. The fourth-order valence-electron chi connectivity index (χ4n) is 1.99. The van der Waals surface area contributed by atoms with E-state index in [0.29, 0.717) is 25.1 Å². The van der Waals surface area contributed by atoms with E-state index in [-0.39, 0.29) is 0 Å². The van der Waals surface area contributed by atoms with E-state index in [9.17, 15) is 0 Å². The Hall–Kier alpha value is -1.59. The number of rotatable bonds is 3. The number of hydrogen-bond donors (Lipinski definition) is 0. The maximum atomic E-state index is 6.34. The average molecular weight is 280 g/mol. The molecule has 3 rings (SSSR count). The SMILES string of the molecule is ClC(c1ccccc1)c1nc(N2CCOCC2)no1. The molecule has 1 fully saturated rings. The fourth-order valence-corrected chi connectivity index (χ4v) is 2.22. The van der Waals surface area contributed by atoms with E-state index < -0.39 is 5.38 Å². The minimum Gasteiger partial charge on any atom is -0.378 e. The van der Waals surface area contributed by atoms with Crippen LogP contribution in [0.1, 0.15) is 16.8 Å². The normalized spacial score (nSPS) is 17.4. The molecule has 0 radical (unpaired) electrons. The van der Waals surface area contributed by atoms with Crippen molar-refractivity contribution in [2.75, 3.05) is 31.2 Å². The quantitative estimate of drug-likeness (QED) is 0.807. The minimum atomic E-state index is -0.413. The van der Waals surface area contributed by atoms with Gasteiger partial charge in [-0.2, -0.15) is 4.98 Å². The summed E-state index contributed by atoms with van der Waals surface area (Å²) in [5.41, 5.74) is 0.946. The smallest absolute Gasteiger partial charge is 0.266 e. The number of aromatic nitrogens is 2. The Kier molecular flexibility index (Phi) is 3.66. The largest absolute Gasteiger partial charge is 0.378 e. The summed E-state index contributed by atoms with van der Waals surface area (Å²) in [4.78, 5) is 6.40. The number of alkyl halides is 1. The third kappa shape index (κ3) is 2.72. The first kappa shape index (κ1) is 12.4. The van der Waals surface area contributed by atoms with Crippen LogP contribution in [0.5, 0.6) is 0 Å². The zero-order chi connectivity index (χ0) is 13.1. The molecule has 1 aromatic carbocycles. The zero-order valence-electron chi connectivity index (χ0n) is 10.3. The Balaban J connectivity index is 1.77. The summed E-state index contributed by atoms with van der Waals surface area (Å²) >= 11 is 6.34. The summed E-state index contributed by atoms with van der Waals surface area (Å²) in [5, 5.41) is 3.57. The van der Waals surface area contributed by atoms with Gasteiger partial charge in [-0.1, -0.05) is 30.3 Å². The third-order valence-corrected chi connectivity index (χ3v) is 3.47. The predicted octanol–water partition coefficient (Wildman–Crippen LogP) is 2.23. The lowest BCUT2D eigenvalue weighted by Gasteiger charge is -2.24. The Labute approximate surface area is 116 Å². The molecule has 6 heteroatoms. The molecule has 1 aliphatic heterocycles. The number of benzene rings is 1. The molecular weight excluding hydrogens is 266 g/mol. The zero-order valence-corrected chi connectivity index (χ0v) is 11.1. The van der Waals surface area contributed by atoms with Crippen LogP contribution in [0.25, 0.3) is 0 Å². The van der Waals surface area contributed by atoms with Gasteiger partial charge in [-0.25, -0.2) is 0 Å². The lowest BCUT2D eigenvalue weighted by atomic mass is 10.1. The van der Waals surface area contributed by atoms with Crippen molar-refractivity contribution in [2.24, 2.45) is 0 Å². The first-order valence-corrected chi connectivity index (χ1v) is 6.63. The third-order valence-electron chi connectivity index (χ3n) is 3.03. The van der Waals surface area contributed by atoms with Crippen molar-refractivity contribution in [3.63, 3.8) is 0 Å². The molecule has 0 spiro atoms. The van der Waals surface area contributed by atoms with Gasteiger partial charge >= 0.3 is 0 Å². The van der Waals surface area contributed by atoms with Crippen molar-refractivity contribution < 1.29 is 9.26 Å². The van der Waals surface area contributed by atoms with E-state index in [1.165, 1.54) is 0 Å². The van der Waals surface area contributed by atoms with Gasteiger partial charge in [0.05, 0.1) is 13.2 Å². The highest BCUT2D eigenvalue weighted by Crippen LogP contribution is 2.28. The maximum absolute atomic E-state index is 6.34. The van der Waals surface area contributed by atoms with E-state index in [1.54, 1.807) is 0 Å². The van der Waals surface area contributed by atoms with Crippen LogP contribution in [-0.4, -0.2) is 36.4 Å². The van der Waals surface area contributed by atoms with Crippen molar-refractivity contribution >= 4 is 17.5 Å². The highest BCUT2D eigenvalue weighted by atomic mass is 35.5. The van der Waals surface area contributed by atoms with Gasteiger partial charge < -0.3 is 14.2 Å². The van der Waals surface area contributed by atoms with Crippen LogP contribution in [0.15, 0.2) is 34.9 Å². The molecule has 0 N–H and O–H groups in total. The molecule has 2 aromatic rings. The lowest BCUT2D eigenvalue weighted by Crippen LogP contribution is -2.36. The lowest BCUT2D eigenvalue weighted by molar-refractivity contribution is 0.121. The Morgan fingerprint density at radius 3 is 2.63 bits per heavy atom. The highest BCUT2D eigenvalue weighted by Gasteiger charge is 2.21. The minimum absolute atomic E-state index is 0.413. The van der Waals surface area contributed by atoms with Crippen LogP contribution in [0.4, 0.5) is 5.95 Å². The number of hydrogen-bond acceptors (Lipinski definition) is 5. The Bertz CT molecular complexity index is 526. The molecule has 5 nitrogen and oxygen atoms in total. The Morgan fingerprint density at radius 2 is 1.89 bits per heavy atom. The van der Waals surface area contributed by atoms with Gasteiger partial charge in [-0.05, 0) is 10.7 Å². The number of anilines is 1. The van der Waals surface area contributed by atoms with E-state index in [1.807, 2.05) is 35.2 Å². The van der Waals surface area contributed by atoms with Gasteiger partial charge in [0.25, 0.3) is 11.8 Å². The molecule has 0 bridgehead atoms. The van der Waals surface area contributed by atoms with Crippen LogP contribution >= 0.6 is 11.6 Å². The second-order valence-electron chi connectivity index (χ2n) is 4.31. The summed E-state index contributed by atoms with van der Waals surface area (Å²) in [6, 6.07) is 9.70. The first-order valence-electron chi connectivity index (χ1n) is 6.20. The van der Waals surface area contributed by atoms with E-state index in [2.05, 4.69) is 10.1 Å². The van der Waals surface area contributed by atoms with Crippen LogP contribution in [0.3, 0.4) is 0 Å². The summed E-state index contributed by atoms with van der Waals surface area (Å²) in [6.07, 6.45) is 0. The number of ether oxygens (including phenoxy) is 1. The summed E-state index contributed by atoms with van der Waals surface area (Å²) in [6.45, 7) is 2.92. The second-order valence-corrected chi connectivity index (χ2v) is 4.74. The molecule has 100 valence electrons. The molecule has 0 aliphatic carbocycles. The van der Waals surface area contributed by atoms with Gasteiger partial charge in [0.2, 0.25) is 0 Å². The molecule has 19 heavy (non-hydrogen) atoms. The van der Waals surface area contributed by atoms with Crippen molar-refractivity contribution in [3.05, 3.63) is 41.8 Å². The van der Waals surface area contributed by atoms with Crippen LogP contribution in [0, 0.1) is 0 Å². The van der Waals surface area contributed by atoms with Gasteiger partial charge in [-0.15, -0.1) is 11.6 Å². The van der Waals surface area contributed by atoms with Gasteiger partial charge in [-0.3, -0.25) is 0 Å². The highest BCUT2D eigenvalue weighted by molar-refractivity contribution is 6.22. The predicted molar refractivity (Wildman–Crippen MR) is 71.5 cm³/mol.